The Hall–Kier alpha value is -2.43. The van der Waals surface area contributed by atoms with Gasteiger partial charge in [0.15, 0.2) is 32.8 Å². The van der Waals surface area contributed by atoms with Gasteiger partial charge in [-0.05, 0) is 54.7 Å². The molecule has 0 aromatic heterocycles. The van der Waals surface area contributed by atoms with E-state index in [0.717, 1.165) is 24.0 Å². The van der Waals surface area contributed by atoms with Crippen LogP contribution in [-0.2, 0) is 14.6 Å². The molecule has 8 nitrogen and oxygen atoms in total. The van der Waals surface area contributed by atoms with Gasteiger partial charge < -0.3 is 28.4 Å². The Morgan fingerprint density at radius 1 is 0.892 bits per heavy atom. The number of ether oxygens (including phenoxy) is 6. The van der Waals surface area contributed by atoms with Crippen LogP contribution in [-0.4, -0.2) is 54.5 Å². The lowest BCUT2D eigenvalue weighted by atomic mass is 10.0. The average Bonchev–Trinajstić information content (AvgIpc) is 3.38. The molecule has 1 aliphatic rings. The summed E-state index contributed by atoms with van der Waals surface area (Å²) in [7, 11) is 1.11. The summed E-state index contributed by atoms with van der Waals surface area (Å²) >= 11 is 3.34. The van der Waals surface area contributed by atoms with Gasteiger partial charge in [-0.3, -0.25) is 0 Å². The average molecular weight is 600 g/mol. The molecule has 2 aromatic carbocycles. The largest absolute Gasteiger partial charge is 0.493 e. The van der Waals surface area contributed by atoms with E-state index in [9.17, 15) is 8.42 Å². The Bertz CT molecular complexity index is 1170. The Kier molecular flexibility index (Phi) is 10.5. The molecule has 37 heavy (non-hydrogen) atoms. The molecule has 2 aromatic rings. The molecule has 1 heterocycles. The Balaban J connectivity index is 1.97. The van der Waals surface area contributed by atoms with E-state index >= 15 is 0 Å². The third-order valence-electron chi connectivity index (χ3n) is 5.93. The van der Waals surface area contributed by atoms with E-state index in [1.54, 1.807) is 27.4 Å². The van der Waals surface area contributed by atoms with Crippen molar-refractivity contribution in [2.24, 2.45) is 0 Å². The molecular formula is C27H35BrO8S. The number of rotatable bonds is 13. The van der Waals surface area contributed by atoms with Crippen molar-refractivity contribution in [2.75, 3.05) is 46.1 Å². The highest BCUT2D eigenvalue weighted by molar-refractivity contribution is 9.09. The molecule has 1 fully saturated rings. The predicted octanol–water partition coefficient (Wildman–Crippen LogP) is 5.83. The van der Waals surface area contributed by atoms with Crippen LogP contribution in [0.5, 0.6) is 28.7 Å². The zero-order chi connectivity index (χ0) is 27.0. The maximum Gasteiger partial charge on any atom is 0.203 e. The van der Waals surface area contributed by atoms with Gasteiger partial charge in [0.25, 0.3) is 0 Å². The molecule has 0 unspecified atom stereocenters. The summed E-state index contributed by atoms with van der Waals surface area (Å²) in [5.41, 5.74) is 1.61. The molecular weight excluding hydrogens is 564 g/mol. The van der Waals surface area contributed by atoms with E-state index in [1.807, 2.05) is 37.3 Å². The van der Waals surface area contributed by atoms with Gasteiger partial charge in [-0.15, -0.1) is 0 Å². The highest BCUT2D eigenvalue weighted by atomic mass is 79.9. The van der Waals surface area contributed by atoms with Gasteiger partial charge in [0.1, 0.15) is 11.5 Å². The van der Waals surface area contributed by atoms with Crippen molar-refractivity contribution in [1.29, 1.82) is 0 Å². The van der Waals surface area contributed by atoms with Gasteiger partial charge in [-0.1, -0.05) is 35.0 Å². The fourth-order valence-corrected chi connectivity index (χ4v) is 5.31. The van der Waals surface area contributed by atoms with Crippen molar-refractivity contribution in [2.45, 2.75) is 43.3 Å². The fourth-order valence-electron chi connectivity index (χ4n) is 4.20. The first-order chi connectivity index (χ1) is 17.8. The van der Waals surface area contributed by atoms with Crippen molar-refractivity contribution in [1.82, 2.24) is 0 Å². The van der Waals surface area contributed by atoms with Crippen molar-refractivity contribution in [3.63, 3.8) is 0 Å². The summed E-state index contributed by atoms with van der Waals surface area (Å²) < 4.78 is 60.2. The molecule has 0 bridgehead atoms. The van der Waals surface area contributed by atoms with E-state index in [2.05, 4.69) is 15.9 Å². The molecule has 0 saturated carbocycles. The normalized spacial score (nSPS) is 17.7. The summed E-state index contributed by atoms with van der Waals surface area (Å²) in [6, 6.07) is 7.22. The van der Waals surface area contributed by atoms with Gasteiger partial charge in [-0.2, -0.15) is 0 Å². The minimum atomic E-state index is -3.60. The fraction of sp³-hybridized carbons (Fsp3) is 0.481. The van der Waals surface area contributed by atoms with Crippen LogP contribution >= 0.6 is 15.9 Å². The summed E-state index contributed by atoms with van der Waals surface area (Å²) in [4.78, 5) is 0.0951. The SMILES string of the molecule is CCCOc1c(OCC=CCBr)cc([C@@H]2CC[C@@H](c3cc(OC)c(OC)c(OC)c3)O2)cc1S(C)(=O)=O. The molecule has 1 aliphatic heterocycles. The number of allylic oxidation sites excluding steroid dienone is 1. The highest BCUT2D eigenvalue weighted by Gasteiger charge is 2.32. The Morgan fingerprint density at radius 3 is 2.00 bits per heavy atom. The minimum Gasteiger partial charge on any atom is -0.493 e. The lowest BCUT2D eigenvalue weighted by molar-refractivity contribution is 0.0435. The van der Waals surface area contributed by atoms with E-state index in [1.165, 1.54) is 6.26 Å². The number of halogens is 1. The molecule has 10 heteroatoms. The van der Waals surface area contributed by atoms with E-state index in [4.69, 9.17) is 28.4 Å². The molecule has 0 N–H and O–H groups in total. The Labute approximate surface area is 227 Å². The van der Waals surface area contributed by atoms with Crippen LogP contribution in [0.1, 0.15) is 49.5 Å². The quantitative estimate of drug-likeness (QED) is 0.210. The summed E-state index contributed by atoms with van der Waals surface area (Å²) in [5.74, 6) is 2.23. The number of hydrogen-bond donors (Lipinski definition) is 0. The molecule has 3 rings (SSSR count). The van der Waals surface area contributed by atoms with Crippen LogP contribution in [0.4, 0.5) is 0 Å². The number of benzene rings is 2. The third kappa shape index (κ3) is 7.12. The van der Waals surface area contributed by atoms with Crippen LogP contribution < -0.4 is 23.7 Å². The lowest BCUT2D eigenvalue weighted by Crippen LogP contribution is -2.09. The van der Waals surface area contributed by atoms with Gasteiger partial charge >= 0.3 is 0 Å². The first-order valence-electron chi connectivity index (χ1n) is 12.1. The third-order valence-corrected chi connectivity index (χ3v) is 7.41. The van der Waals surface area contributed by atoms with Gasteiger partial charge in [0, 0.05) is 11.6 Å². The van der Waals surface area contributed by atoms with Gasteiger partial charge in [0.2, 0.25) is 5.75 Å². The number of sulfone groups is 1. The molecule has 0 aliphatic carbocycles. The van der Waals surface area contributed by atoms with Crippen LogP contribution in [0.2, 0.25) is 0 Å². The van der Waals surface area contributed by atoms with Gasteiger partial charge in [-0.25, -0.2) is 8.42 Å². The first-order valence-corrected chi connectivity index (χ1v) is 15.1. The van der Waals surface area contributed by atoms with E-state index in [0.29, 0.717) is 41.4 Å². The Morgan fingerprint density at radius 2 is 1.49 bits per heavy atom. The van der Waals surface area contributed by atoms with Crippen LogP contribution in [0.3, 0.4) is 0 Å². The number of methoxy groups -OCH3 is 3. The first kappa shape index (κ1) is 29.1. The smallest absolute Gasteiger partial charge is 0.203 e. The molecule has 2 atom stereocenters. The second-order valence-corrected chi connectivity index (χ2v) is 11.2. The zero-order valence-electron chi connectivity index (χ0n) is 21.9. The number of hydrogen-bond acceptors (Lipinski definition) is 8. The summed E-state index contributed by atoms with van der Waals surface area (Å²) in [5, 5.41) is 0.697. The van der Waals surface area contributed by atoms with Crippen LogP contribution in [0.25, 0.3) is 0 Å². The molecule has 204 valence electrons. The minimum absolute atomic E-state index is 0.0951. The topological polar surface area (TPSA) is 89.5 Å². The monoisotopic (exact) mass is 598 g/mol. The maximum atomic E-state index is 12.8. The zero-order valence-corrected chi connectivity index (χ0v) is 24.3. The van der Waals surface area contributed by atoms with Crippen molar-refractivity contribution >= 4 is 25.8 Å². The van der Waals surface area contributed by atoms with Crippen molar-refractivity contribution in [3.8, 4) is 28.7 Å². The highest BCUT2D eigenvalue weighted by Crippen LogP contribution is 2.48. The molecule has 0 radical (unpaired) electrons. The van der Waals surface area contributed by atoms with Crippen LogP contribution in [0.15, 0.2) is 41.3 Å². The van der Waals surface area contributed by atoms with E-state index < -0.39 is 9.84 Å². The maximum absolute atomic E-state index is 12.8. The molecule has 0 spiro atoms. The van der Waals surface area contributed by atoms with Gasteiger partial charge in [0.05, 0.1) is 40.1 Å². The van der Waals surface area contributed by atoms with Crippen LogP contribution in [0, 0.1) is 0 Å². The second kappa shape index (κ2) is 13.4. The summed E-state index contributed by atoms with van der Waals surface area (Å²) in [6.07, 6.45) is 6.54. The number of alkyl halides is 1. The predicted molar refractivity (Wildman–Crippen MR) is 146 cm³/mol. The van der Waals surface area contributed by atoms with E-state index in [-0.39, 0.29) is 29.5 Å². The summed E-state index contributed by atoms with van der Waals surface area (Å²) in [6.45, 7) is 2.61. The standard InChI is InChI=1S/C27H35BrO8S/c1-6-12-35-27-24(34-13-8-7-11-28)16-19(17-25(27)37(5,29)30)21-10-9-20(36-21)18-14-22(31-2)26(33-4)23(15-18)32-3/h7-8,14-17,20-21H,6,9-13H2,1-5H3/t20-,21-/m0/s1. The second-order valence-electron chi connectivity index (χ2n) is 8.55. The molecule has 0 amide bonds. The lowest BCUT2D eigenvalue weighted by Gasteiger charge is -2.20. The van der Waals surface area contributed by atoms with Crippen molar-refractivity contribution < 1.29 is 36.8 Å². The molecule has 1 saturated heterocycles. The van der Waals surface area contributed by atoms with Crippen molar-refractivity contribution in [3.05, 3.63) is 47.5 Å².